The number of fused-ring (bicyclic) bond motifs is 1. The highest BCUT2D eigenvalue weighted by Gasteiger charge is 2.23. The average molecular weight is 397 g/mol. The number of hydrogen-bond acceptors (Lipinski definition) is 4. The van der Waals surface area contributed by atoms with Crippen molar-refractivity contribution in [3.8, 4) is 5.75 Å². The Kier molecular flexibility index (Phi) is 7.50. The van der Waals surface area contributed by atoms with Gasteiger partial charge in [-0.25, -0.2) is 4.79 Å². The molecule has 2 N–H and O–H groups in total. The number of nitrogens with one attached hydrogen (secondary N) is 1. The molecule has 29 heavy (non-hydrogen) atoms. The normalized spacial score (nSPS) is 17.5. The van der Waals surface area contributed by atoms with Gasteiger partial charge in [0.05, 0.1) is 24.1 Å². The van der Waals surface area contributed by atoms with E-state index in [-0.39, 0.29) is 5.56 Å². The fourth-order valence-corrected chi connectivity index (χ4v) is 3.90. The van der Waals surface area contributed by atoms with Crippen molar-refractivity contribution in [1.82, 2.24) is 4.98 Å². The van der Waals surface area contributed by atoms with Gasteiger partial charge in [0.1, 0.15) is 5.75 Å². The first kappa shape index (κ1) is 21.2. The predicted octanol–water partition coefficient (Wildman–Crippen LogP) is 5.52. The molecule has 2 aliphatic rings. The smallest absolute Gasteiger partial charge is 0.337 e. The van der Waals surface area contributed by atoms with E-state index < -0.39 is 5.97 Å². The lowest BCUT2D eigenvalue weighted by Gasteiger charge is -2.27. The van der Waals surface area contributed by atoms with E-state index in [1.165, 1.54) is 42.7 Å². The van der Waals surface area contributed by atoms with Gasteiger partial charge >= 0.3 is 5.97 Å². The Labute approximate surface area is 173 Å². The predicted molar refractivity (Wildman–Crippen MR) is 116 cm³/mol. The zero-order chi connectivity index (χ0) is 20.6. The van der Waals surface area contributed by atoms with Gasteiger partial charge in [0.15, 0.2) is 0 Å². The van der Waals surface area contributed by atoms with Crippen LogP contribution in [0.1, 0.15) is 73.4 Å². The number of carboxylic acids is 1. The highest BCUT2D eigenvalue weighted by molar-refractivity contribution is 5.93. The molecule has 1 saturated carbocycles. The Hall–Kier alpha value is -2.56. The number of aromatic carboxylic acids is 1. The maximum Gasteiger partial charge on any atom is 0.337 e. The molecule has 4 rings (SSSR count). The Bertz CT molecular complexity index is 818. The molecule has 2 aliphatic carbocycles. The Morgan fingerprint density at radius 1 is 1.24 bits per heavy atom. The molecule has 0 aliphatic heterocycles. The lowest BCUT2D eigenvalue weighted by Crippen LogP contribution is -2.19. The summed E-state index contributed by atoms with van der Waals surface area (Å²) in [4.78, 5) is 15.4. The van der Waals surface area contributed by atoms with E-state index in [0.29, 0.717) is 18.2 Å². The Balaban J connectivity index is 0.00000117. The zero-order valence-corrected chi connectivity index (χ0v) is 17.5. The van der Waals surface area contributed by atoms with Crippen LogP contribution in [0, 0.1) is 5.92 Å². The topological polar surface area (TPSA) is 71.5 Å². The number of anilines is 1. The zero-order valence-electron chi connectivity index (χ0n) is 17.5. The molecule has 1 aromatic carbocycles. The highest BCUT2D eigenvalue weighted by atomic mass is 16.5. The minimum atomic E-state index is -0.933. The van der Waals surface area contributed by atoms with E-state index in [1.54, 1.807) is 6.20 Å². The largest absolute Gasteiger partial charge is 0.494 e. The first-order valence-corrected chi connectivity index (χ1v) is 10.9. The molecule has 0 radical (unpaired) electrons. The molecule has 5 heteroatoms. The number of hydrogen-bond donors (Lipinski definition) is 2. The number of aromatic nitrogens is 1. The van der Waals surface area contributed by atoms with Crippen molar-refractivity contribution in [2.75, 3.05) is 18.5 Å². The van der Waals surface area contributed by atoms with Crippen LogP contribution < -0.4 is 10.1 Å². The first-order chi connectivity index (χ1) is 14.2. The second-order valence-corrected chi connectivity index (χ2v) is 7.64. The maximum atomic E-state index is 11.4. The van der Waals surface area contributed by atoms with Gasteiger partial charge in [-0.1, -0.05) is 32.8 Å². The van der Waals surface area contributed by atoms with Crippen LogP contribution in [0.5, 0.6) is 5.75 Å². The summed E-state index contributed by atoms with van der Waals surface area (Å²) < 4.78 is 5.94. The summed E-state index contributed by atoms with van der Waals surface area (Å²) in [6.07, 6.45) is 10.3. The van der Waals surface area contributed by atoms with Crippen LogP contribution in [0.3, 0.4) is 0 Å². The van der Waals surface area contributed by atoms with E-state index in [4.69, 9.17) is 4.74 Å². The van der Waals surface area contributed by atoms with Gasteiger partial charge in [-0.2, -0.15) is 0 Å². The number of benzene rings is 1. The van der Waals surface area contributed by atoms with Gasteiger partial charge in [0, 0.05) is 18.7 Å². The van der Waals surface area contributed by atoms with Crippen molar-refractivity contribution in [3.63, 3.8) is 0 Å². The average Bonchev–Trinajstić information content (AvgIpc) is 3.58. The molecule has 0 bridgehead atoms. The van der Waals surface area contributed by atoms with Crippen molar-refractivity contribution in [3.05, 3.63) is 53.3 Å². The summed E-state index contributed by atoms with van der Waals surface area (Å²) in [7, 11) is 0. The third kappa shape index (κ3) is 5.72. The van der Waals surface area contributed by atoms with Crippen LogP contribution in [-0.4, -0.2) is 29.2 Å². The van der Waals surface area contributed by atoms with Crippen LogP contribution in [-0.2, 0) is 6.42 Å². The minimum absolute atomic E-state index is 0.264. The lowest BCUT2D eigenvalue weighted by atomic mass is 9.82. The van der Waals surface area contributed by atoms with Gasteiger partial charge in [0.2, 0.25) is 0 Å². The Morgan fingerprint density at radius 3 is 2.83 bits per heavy atom. The molecule has 0 amide bonds. The van der Waals surface area contributed by atoms with Gasteiger partial charge in [-0.3, -0.25) is 4.98 Å². The number of aryl methyl sites for hydroxylation is 1. The van der Waals surface area contributed by atoms with Gasteiger partial charge in [-0.05, 0) is 60.9 Å². The molecular weight excluding hydrogens is 364 g/mol. The summed E-state index contributed by atoms with van der Waals surface area (Å²) in [6.45, 7) is 5.52. The quantitative estimate of drug-likeness (QED) is 0.615. The van der Waals surface area contributed by atoms with Crippen LogP contribution in [0.25, 0.3) is 0 Å². The summed E-state index contributed by atoms with van der Waals surface area (Å²) >= 11 is 0. The highest BCUT2D eigenvalue weighted by Crippen LogP contribution is 2.35. The van der Waals surface area contributed by atoms with Crippen molar-refractivity contribution in [1.29, 1.82) is 0 Å². The van der Waals surface area contributed by atoms with Crippen molar-refractivity contribution >= 4 is 11.7 Å². The summed E-state index contributed by atoms with van der Waals surface area (Å²) in [5, 5.41) is 12.6. The number of ether oxygens (including phenoxy) is 1. The third-order valence-electron chi connectivity index (χ3n) is 5.64. The third-order valence-corrected chi connectivity index (χ3v) is 5.64. The maximum absolute atomic E-state index is 11.4. The fourth-order valence-electron chi connectivity index (χ4n) is 3.90. The van der Waals surface area contributed by atoms with Crippen LogP contribution in [0.2, 0.25) is 0 Å². The van der Waals surface area contributed by atoms with Crippen molar-refractivity contribution in [2.45, 2.75) is 58.3 Å². The Morgan fingerprint density at radius 2 is 2.07 bits per heavy atom. The summed E-state index contributed by atoms with van der Waals surface area (Å²) in [5.41, 5.74) is 3.56. The number of pyridine rings is 1. The fraction of sp³-hybridized carbons (Fsp3) is 0.500. The van der Waals surface area contributed by atoms with E-state index in [9.17, 15) is 9.90 Å². The van der Waals surface area contributed by atoms with E-state index in [0.717, 1.165) is 37.5 Å². The first-order valence-electron chi connectivity index (χ1n) is 10.9. The molecular formula is C24H32N2O3. The van der Waals surface area contributed by atoms with Gasteiger partial charge < -0.3 is 15.2 Å². The van der Waals surface area contributed by atoms with Crippen molar-refractivity contribution in [2.24, 2.45) is 5.92 Å². The van der Waals surface area contributed by atoms with Gasteiger partial charge in [0.25, 0.3) is 0 Å². The number of nitrogens with zero attached hydrogens (tertiary/aromatic N) is 1. The monoisotopic (exact) mass is 396 g/mol. The number of rotatable bonds is 8. The van der Waals surface area contributed by atoms with E-state index in [2.05, 4.69) is 28.5 Å². The molecule has 156 valence electrons. The van der Waals surface area contributed by atoms with Crippen LogP contribution in [0.4, 0.5) is 5.69 Å². The molecule has 1 aromatic heterocycles. The minimum Gasteiger partial charge on any atom is -0.494 e. The summed E-state index contributed by atoms with van der Waals surface area (Å²) in [6, 6.07) is 8.00. The standard InChI is InChI=1S/C22H26N2O3.C2H6/c25-22(26)20-8-10-23-14-21(20)24-13-17-3-1-2-16-12-18(6-7-19(16)17)27-11-9-15-4-5-15;1-2/h6-8,10,12,14-15,17,24H,1-5,9,11,13H2,(H,25,26);1-2H3. The van der Waals surface area contributed by atoms with E-state index in [1.807, 2.05) is 13.8 Å². The lowest BCUT2D eigenvalue weighted by molar-refractivity contribution is 0.0697. The molecule has 0 saturated heterocycles. The molecule has 5 nitrogen and oxygen atoms in total. The molecule has 0 spiro atoms. The molecule has 1 heterocycles. The molecule has 1 atom stereocenters. The van der Waals surface area contributed by atoms with Crippen LogP contribution in [0.15, 0.2) is 36.7 Å². The van der Waals surface area contributed by atoms with Gasteiger partial charge in [-0.15, -0.1) is 0 Å². The van der Waals surface area contributed by atoms with Crippen molar-refractivity contribution < 1.29 is 14.6 Å². The number of carboxylic acid groups (broad SMARTS) is 1. The SMILES string of the molecule is CC.O=C(O)c1ccncc1NCC1CCCc2cc(OCCC3CC3)ccc21. The molecule has 2 aromatic rings. The second kappa shape index (κ2) is 10.3. The second-order valence-electron chi connectivity index (χ2n) is 7.64. The number of carbonyl (C=O) groups is 1. The van der Waals surface area contributed by atoms with Crippen LogP contribution >= 0.6 is 0 Å². The molecule has 1 fully saturated rings. The summed E-state index contributed by atoms with van der Waals surface area (Å²) in [5.74, 6) is 1.30. The van der Waals surface area contributed by atoms with E-state index >= 15 is 0 Å². The molecule has 1 unspecified atom stereocenters.